The number of rotatable bonds is 8. The molecule has 0 aromatic rings. The van der Waals surface area contributed by atoms with Crippen molar-refractivity contribution in [1.82, 2.24) is 0 Å². The molecule has 2 saturated carbocycles. The van der Waals surface area contributed by atoms with Crippen LogP contribution in [-0.2, 0) is 4.74 Å². The molecule has 1 heterocycles. The number of hydrogen-bond donors (Lipinski definition) is 0. The van der Waals surface area contributed by atoms with Gasteiger partial charge in [-0.1, -0.05) is 50.8 Å². The van der Waals surface area contributed by atoms with E-state index in [2.05, 4.69) is 31.7 Å². The van der Waals surface area contributed by atoms with E-state index in [1.54, 1.807) is 0 Å². The third kappa shape index (κ3) is 6.77. The van der Waals surface area contributed by atoms with Crippen molar-refractivity contribution < 1.29 is 4.74 Å². The van der Waals surface area contributed by atoms with Crippen molar-refractivity contribution in [1.29, 1.82) is 0 Å². The van der Waals surface area contributed by atoms with Crippen LogP contribution >= 0.6 is 0 Å². The van der Waals surface area contributed by atoms with E-state index in [4.69, 9.17) is 4.74 Å². The zero-order valence-corrected chi connectivity index (χ0v) is 17.9. The molecule has 0 spiro atoms. The fraction of sp³-hybridized carbons (Fsp3) is 0.846. The molecule has 154 valence electrons. The third-order valence-electron chi connectivity index (χ3n) is 7.78. The minimum atomic E-state index is 0.541. The van der Waals surface area contributed by atoms with Crippen LogP contribution in [0.4, 0.5) is 0 Å². The smallest absolute Gasteiger partial charge is 0.0603 e. The molecule has 3 fully saturated rings. The van der Waals surface area contributed by atoms with Crippen molar-refractivity contribution in [2.24, 2.45) is 29.6 Å². The SMILES string of the molecule is C=CC1CCC(C2CCC(C=CC3CCC(CCCCC)CC3)CO2)CC1. The molecule has 1 aliphatic heterocycles. The first-order valence-electron chi connectivity index (χ1n) is 12.2. The van der Waals surface area contributed by atoms with E-state index in [0.717, 1.165) is 30.3 Å². The maximum atomic E-state index is 6.33. The van der Waals surface area contributed by atoms with Crippen molar-refractivity contribution >= 4 is 0 Å². The average molecular weight is 373 g/mol. The van der Waals surface area contributed by atoms with Crippen molar-refractivity contribution in [3.8, 4) is 0 Å². The molecular formula is C26H44O. The number of allylic oxidation sites excluding steroid dienone is 2. The fourth-order valence-electron chi connectivity index (χ4n) is 5.73. The van der Waals surface area contributed by atoms with Gasteiger partial charge in [-0.15, -0.1) is 6.58 Å². The Morgan fingerprint density at radius 2 is 1.44 bits per heavy atom. The van der Waals surface area contributed by atoms with E-state index in [1.807, 2.05) is 0 Å². The molecule has 2 unspecified atom stereocenters. The van der Waals surface area contributed by atoms with Gasteiger partial charge >= 0.3 is 0 Å². The topological polar surface area (TPSA) is 9.23 Å². The van der Waals surface area contributed by atoms with Crippen LogP contribution in [0.3, 0.4) is 0 Å². The van der Waals surface area contributed by atoms with Crippen molar-refractivity contribution in [2.45, 2.75) is 103 Å². The molecular weight excluding hydrogens is 328 g/mol. The summed E-state index contributed by atoms with van der Waals surface area (Å²) in [7, 11) is 0. The largest absolute Gasteiger partial charge is 0.377 e. The lowest BCUT2D eigenvalue weighted by molar-refractivity contribution is -0.0479. The first kappa shape index (κ1) is 21.2. The maximum absolute atomic E-state index is 6.33. The van der Waals surface area contributed by atoms with Gasteiger partial charge in [-0.05, 0) is 87.9 Å². The zero-order valence-electron chi connectivity index (χ0n) is 17.9. The lowest BCUT2D eigenvalue weighted by atomic mass is 9.77. The monoisotopic (exact) mass is 372 g/mol. The highest BCUT2D eigenvalue weighted by Crippen LogP contribution is 2.37. The molecule has 1 nitrogen and oxygen atoms in total. The summed E-state index contributed by atoms with van der Waals surface area (Å²) >= 11 is 0. The van der Waals surface area contributed by atoms with Gasteiger partial charge in [0.05, 0.1) is 12.7 Å². The van der Waals surface area contributed by atoms with Crippen LogP contribution in [0.15, 0.2) is 24.8 Å². The second-order valence-electron chi connectivity index (χ2n) is 9.78. The van der Waals surface area contributed by atoms with Gasteiger partial charge < -0.3 is 4.74 Å². The molecule has 1 saturated heterocycles. The first-order chi connectivity index (χ1) is 13.3. The summed E-state index contributed by atoms with van der Waals surface area (Å²) in [6.45, 7) is 7.25. The Labute approximate surface area is 169 Å². The van der Waals surface area contributed by atoms with Crippen molar-refractivity contribution in [3.05, 3.63) is 24.8 Å². The molecule has 2 aliphatic carbocycles. The summed E-state index contributed by atoms with van der Waals surface area (Å²) in [6, 6.07) is 0. The third-order valence-corrected chi connectivity index (χ3v) is 7.78. The van der Waals surface area contributed by atoms with Gasteiger partial charge in [0.1, 0.15) is 0 Å². The van der Waals surface area contributed by atoms with Gasteiger partial charge in [-0.2, -0.15) is 0 Å². The maximum Gasteiger partial charge on any atom is 0.0603 e. The number of unbranched alkanes of at least 4 members (excludes halogenated alkanes) is 2. The number of ether oxygens (including phenoxy) is 1. The summed E-state index contributed by atoms with van der Waals surface area (Å²) in [6.07, 6.45) is 27.3. The molecule has 0 N–H and O–H groups in total. The minimum absolute atomic E-state index is 0.541. The molecule has 2 atom stereocenters. The quantitative estimate of drug-likeness (QED) is 0.313. The van der Waals surface area contributed by atoms with E-state index in [-0.39, 0.29) is 0 Å². The van der Waals surface area contributed by atoms with Gasteiger partial charge in [-0.3, -0.25) is 0 Å². The molecule has 0 radical (unpaired) electrons. The van der Waals surface area contributed by atoms with E-state index in [1.165, 1.54) is 89.9 Å². The van der Waals surface area contributed by atoms with Gasteiger partial charge in [0, 0.05) is 5.92 Å². The lowest BCUT2D eigenvalue weighted by Crippen LogP contribution is -2.33. The lowest BCUT2D eigenvalue weighted by Gasteiger charge is -2.37. The second kappa shape index (κ2) is 11.4. The molecule has 3 aliphatic rings. The summed E-state index contributed by atoms with van der Waals surface area (Å²) in [5.74, 6) is 4.12. The van der Waals surface area contributed by atoms with Crippen LogP contribution in [0.25, 0.3) is 0 Å². The Balaban J connectivity index is 1.31. The molecule has 27 heavy (non-hydrogen) atoms. The Bertz CT molecular complexity index is 429. The van der Waals surface area contributed by atoms with Gasteiger partial charge in [-0.25, -0.2) is 0 Å². The van der Waals surface area contributed by atoms with E-state index in [9.17, 15) is 0 Å². The minimum Gasteiger partial charge on any atom is -0.377 e. The average Bonchev–Trinajstić information content (AvgIpc) is 2.74. The Kier molecular flexibility index (Phi) is 8.97. The molecule has 1 heteroatoms. The summed E-state index contributed by atoms with van der Waals surface area (Å²) in [5.41, 5.74) is 0. The van der Waals surface area contributed by atoms with Gasteiger partial charge in [0.2, 0.25) is 0 Å². The standard InChI is InChI=1S/C26H44O/c1-3-5-6-7-22-8-10-23(11-9-22)12-13-24-16-19-26(27-20-24)25-17-14-21(4-2)15-18-25/h4,12-13,21-26H,2-3,5-11,14-20H2,1H3. The fourth-order valence-corrected chi connectivity index (χ4v) is 5.73. The molecule has 0 aromatic carbocycles. The highest BCUT2D eigenvalue weighted by atomic mass is 16.5. The second-order valence-corrected chi connectivity index (χ2v) is 9.78. The zero-order chi connectivity index (χ0) is 18.9. The van der Waals surface area contributed by atoms with Crippen LogP contribution in [-0.4, -0.2) is 12.7 Å². The van der Waals surface area contributed by atoms with E-state index in [0.29, 0.717) is 12.0 Å². The van der Waals surface area contributed by atoms with Gasteiger partial charge in [0.15, 0.2) is 0 Å². The summed E-state index contributed by atoms with van der Waals surface area (Å²) in [4.78, 5) is 0. The Morgan fingerprint density at radius 3 is 2.07 bits per heavy atom. The van der Waals surface area contributed by atoms with Gasteiger partial charge in [0.25, 0.3) is 0 Å². The molecule has 0 aromatic heterocycles. The van der Waals surface area contributed by atoms with E-state index < -0.39 is 0 Å². The Hall–Kier alpha value is -0.560. The van der Waals surface area contributed by atoms with Crippen LogP contribution in [0.2, 0.25) is 0 Å². The predicted molar refractivity (Wildman–Crippen MR) is 117 cm³/mol. The highest BCUT2D eigenvalue weighted by molar-refractivity contribution is 4.97. The number of hydrogen-bond acceptors (Lipinski definition) is 1. The van der Waals surface area contributed by atoms with Crippen LogP contribution < -0.4 is 0 Å². The normalized spacial score (nSPS) is 38.1. The van der Waals surface area contributed by atoms with E-state index >= 15 is 0 Å². The summed E-state index contributed by atoms with van der Waals surface area (Å²) in [5, 5.41) is 0. The van der Waals surface area contributed by atoms with Crippen LogP contribution in [0.5, 0.6) is 0 Å². The summed E-state index contributed by atoms with van der Waals surface area (Å²) < 4.78 is 6.33. The van der Waals surface area contributed by atoms with Crippen molar-refractivity contribution in [3.63, 3.8) is 0 Å². The molecule has 0 bridgehead atoms. The molecule has 0 amide bonds. The highest BCUT2D eigenvalue weighted by Gasteiger charge is 2.30. The molecule has 3 rings (SSSR count). The predicted octanol–water partition coefficient (Wildman–Crippen LogP) is 7.72. The van der Waals surface area contributed by atoms with Crippen LogP contribution in [0.1, 0.15) is 96.8 Å². The first-order valence-corrected chi connectivity index (χ1v) is 12.2. The Morgan fingerprint density at radius 1 is 0.778 bits per heavy atom. The van der Waals surface area contributed by atoms with Crippen molar-refractivity contribution in [2.75, 3.05) is 6.61 Å². The van der Waals surface area contributed by atoms with Crippen LogP contribution in [0, 0.1) is 29.6 Å².